The first kappa shape index (κ1) is 8.99. The lowest BCUT2D eigenvalue weighted by Crippen LogP contribution is -1.99. The van der Waals surface area contributed by atoms with Crippen molar-refractivity contribution in [1.82, 2.24) is 14.5 Å². The van der Waals surface area contributed by atoms with Crippen LogP contribution in [0, 0.1) is 6.92 Å². The first-order valence-electron chi connectivity index (χ1n) is 4.65. The molecule has 0 saturated heterocycles. The average molecular weight is 191 g/mol. The first-order valence-corrected chi connectivity index (χ1v) is 4.65. The molecule has 0 saturated carbocycles. The minimum absolute atomic E-state index is 0.621. The third-order valence-electron chi connectivity index (χ3n) is 2.19. The second-order valence-corrected chi connectivity index (χ2v) is 3.19. The summed E-state index contributed by atoms with van der Waals surface area (Å²) in [6.07, 6.45) is 1.79. The zero-order valence-corrected chi connectivity index (χ0v) is 8.61. The Balaban J connectivity index is 2.67. The molecule has 0 bridgehead atoms. The normalized spacial score (nSPS) is 10.8. The summed E-state index contributed by atoms with van der Waals surface area (Å²) in [5, 5.41) is 0. The van der Waals surface area contributed by atoms with E-state index in [0.29, 0.717) is 12.6 Å². The zero-order chi connectivity index (χ0) is 10.1. The molecule has 2 aromatic heterocycles. The molecule has 0 N–H and O–H groups in total. The topological polar surface area (TPSA) is 39.9 Å². The van der Waals surface area contributed by atoms with Crippen LogP contribution in [-0.4, -0.2) is 21.1 Å². The van der Waals surface area contributed by atoms with Crippen LogP contribution >= 0.6 is 0 Å². The van der Waals surface area contributed by atoms with Gasteiger partial charge >= 0.3 is 0 Å². The van der Waals surface area contributed by atoms with E-state index in [0.717, 1.165) is 16.7 Å². The van der Waals surface area contributed by atoms with E-state index in [-0.39, 0.29) is 0 Å². The number of aryl methyl sites for hydroxylation is 2. The van der Waals surface area contributed by atoms with Crippen LogP contribution < -0.4 is 4.74 Å². The van der Waals surface area contributed by atoms with Crippen LogP contribution in [0.3, 0.4) is 0 Å². The van der Waals surface area contributed by atoms with Gasteiger partial charge in [-0.25, -0.2) is 4.98 Å². The number of pyridine rings is 1. The molecule has 0 spiro atoms. The number of hydrogen-bond donors (Lipinski definition) is 0. The van der Waals surface area contributed by atoms with Crippen molar-refractivity contribution in [3.05, 3.63) is 17.8 Å². The molecule has 0 aliphatic carbocycles. The van der Waals surface area contributed by atoms with E-state index in [1.807, 2.05) is 31.5 Å². The Morgan fingerprint density at radius 1 is 1.50 bits per heavy atom. The second-order valence-electron chi connectivity index (χ2n) is 3.19. The molecule has 74 valence electrons. The summed E-state index contributed by atoms with van der Waals surface area (Å²) in [5.74, 6) is 0. The van der Waals surface area contributed by atoms with E-state index in [1.54, 1.807) is 6.20 Å². The fourth-order valence-electron chi connectivity index (χ4n) is 1.44. The van der Waals surface area contributed by atoms with Gasteiger partial charge in [0.25, 0.3) is 6.01 Å². The number of imidazole rings is 1. The molecule has 0 atom stereocenters. The zero-order valence-electron chi connectivity index (χ0n) is 8.61. The molecule has 4 nitrogen and oxygen atoms in total. The van der Waals surface area contributed by atoms with E-state index in [2.05, 4.69) is 9.97 Å². The lowest BCUT2D eigenvalue weighted by molar-refractivity contribution is 0.304. The van der Waals surface area contributed by atoms with Crippen molar-refractivity contribution >= 4 is 11.2 Å². The Morgan fingerprint density at radius 2 is 2.29 bits per heavy atom. The van der Waals surface area contributed by atoms with Crippen LogP contribution in [0.25, 0.3) is 11.2 Å². The van der Waals surface area contributed by atoms with Crippen molar-refractivity contribution in [3.8, 4) is 6.01 Å². The van der Waals surface area contributed by atoms with Crippen LogP contribution in [0.5, 0.6) is 6.01 Å². The lowest BCUT2D eigenvalue weighted by atomic mass is 10.3. The maximum absolute atomic E-state index is 5.39. The molecule has 2 heterocycles. The highest BCUT2D eigenvalue weighted by Gasteiger charge is 2.10. The van der Waals surface area contributed by atoms with Crippen molar-refractivity contribution in [2.75, 3.05) is 6.61 Å². The van der Waals surface area contributed by atoms with Gasteiger partial charge in [0.15, 0.2) is 5.65 Å². The Labute approximate surface area is 82.5 Å². The predicted octanol–water partition coefficient (Wildman–Crippen LogP) is 1.68. The van der Waals surface area contributed by atoms with E-state index >= 15 is 0 Å². The lowest BCUT2D eigenvalue weighted by Gasteiger charge is -2.00. The summed E-state index contributed by atoms with van der Waals surface area (Å²) >= 11 is 0. The molecule has 0 aliphatic rings. The average Bonchev–Trinajstić information content (AvgIpc) is 2.48. The molecule has 2 aromatic rings. The maximum Gasteiger partial charge on any atom is 0.298 e. The SMILES string of the molecule is CCOc1nc2c(C)ccnc2n1C. The molecule has 0 fully saturated rings. The molecule has 4 heteroatoms. The largest absolute Gasteiger partial charge is 0.465 e. The van der Waals surface area contributed by atoms with Crippen molar-refractivity contribution in [3.63, 3.8) is 0 Å². The monoisotopic (exact) mass is 191 g/mol. The number of rotatable bonds is 2. The summed E-state index contributed by atoms with van der Waals surface area (Å²) in [6.45, 7) is 4.59. The molecule has 0 aliphatic heterocycles. The summed E-state index contributed by atoms with van der Waals surface area (Å²) in [4.78, 5) is 8.64. The molecule has 0 amide bonds. The van der Waals surface area contributed by atoms with Gasteiger partial charge in [0.1, 0.15) is 5.52 Å². The third-order valence-corrected chi connectivity index (χ3v) is 2.19. The van der Waals surface area contributed by atoms with Gasteiger partial charge in [-0.2, -0.15) is 4.98 Å². The van der Waals surface area contributed by atoms with Gasteiger partial charge < -0.3 is 4.74 Å². The molecule has 0 radical (unpaired) electrons. The molecule has 0 aromatic carbocycles. The predicted molar refractivity (Wildman–Crippen MR) is 54.4 cm³/mol. The Morgan fingerprint density at radius 3 is 2.93 bits per heavy atom. The van der Waals surface area contributed by atoms with Crippen molar-refractivity contribution in [2.45, 2.75) is 13.8 Å². The van der Waals surface area contributed by atoms with Gasteiger partial charge in [-0.3, -0.25) is 4.57 Å². The van der Waals surface area contributed by atoms with Gasteiger partial charge in [0.2, 0.25) is 0 Å². The van der Waals surface area contributed by atoms with Crippen molar-refractivity contribution < 1.29 is 4.74 Å². The highest BCUT2D eigenvalue weighted by atomic mass is 16.5. The second kappa shape index (κ2) is 3.29. The van der Waals surface area contributed by atoms with E-state index < -0.39 is 0 Å². The van der Waals surface area contributed by atoms with Gasteiger partial charge in [0.05, 0.1) is 6.61 Å². The summed E-state index contributed by atoms with van der Waals surface area (Å²) in [7, 11) is 1.91. The maximum atomic E-state index is 5.39. The van der Waals surface area contributed by atoms with Crippen LogP contribution in [0.15, 0.2) is 12.3 Å². The minimum atomic E-state index is 0.621. The number of nitrogens with zero attached hydrogens (tertiary/aromatic N) is 3. The summed E-state index contributed by atoms with van der Waals surface area (Å²) in [6, 6.07) is 2.58. The highest BCUT2D eigenvalue weighted by molar-refractivity contribution is 5.75. The number of aromatic nitrogens is 3. The molecule has 0 unspecified atom stereocenters. The minimum Gasteiger partial charge on any atom is -0.465 e. The van der Waals surface area contributed by atoms with Gasteiger partial charge in [-0.05, 0) is 25.5 Å². The standard InChI is InChI=1S/C10H13N3O/c1-4-14-10-12-8-7(2)5-6-11-9(8)13(10)3/h5-6H,4H2,1-3H3. The molecular formula is C10H13N3O. The Hall–Kier alpha value is -1.58. The van der Waals surface area contributed by atoms with Gasteiger partial charge in [-0.1, -0.05) is 0 Å². The Bertz CT molecular complexity index is 462. The van der Waals surface area contributed by atoms with Gasteiger partial charge in [0, 0.05) is 13.2 Å². The molecular weight excluding hydrogens is 178 g/mol. The first-order chi connectivity index (χ1) is 6.74. The summed E-state index contributed by atoms with van der Waals surface area (Å²) in [5.41, 5.74) is 2.91. The van der Waals surface area contributed by atoms with E-state index in [4.69, 9.17) is 4.74 Å². The highest BCUT2D eigenvalue weighted by Crippen LogP contribution is 2.20. The van der Waals surface area contributed by atoms with Crippen LogP contribution in [0.1, 0.15) is 12.5 Å². The third kappa shape index (κ3) is 1.23. The molecule has 14 heavy (non-hydrogen) atoms. The smallest absolute Gasteiger partial charge is 0.298 e. The summed E-state index contributed by atoms with van der Waals surface area (Å²) < 4.78 is 7.26. The Kier molecular flexibility index (Phi) is 2.11. The van der Waals surface area contributed by atoms with Crippen LogP contribution in [-0.2, 0) is 7.05 Å². The van der Waals surface area contributed by atoms with Crippen molar-refractivity contribution in [2.24, 2.45) is 7.05 Å². The fourth-order valence-corrected chi connectivity index (χ4v) is 1.44. The van der Waals surface area contributed by atoms with Crippen LogP contribution in [0.4, 0.5) is 0 Å². The van der Waals surface area contributed by atoms with Gasteiger partial charge in [-0.15, -0.1) is 0 Å². The van der Waals surface area contributed by atoms with Crippen molar-refractivity contribution in [1.29, 1.82) is 0 Å². The quantitative estimate of drug-likeness (QED) is 0.725. The fraction of sp³-hybridized carbons (Fsp3) is 0.400. The number of ether oxygens (including phenoxy) is 1. The van der Waals surface area contributed by atoms with Crippen LogP contribution in [0.2, 0.25) is 0 Å². The molecule has 2 rings (SSSR count). The number of fused-ring (bicyclic) bond motifs is 1. The van der Waals surface area contributed by atoms with E-state index in [1.165, 1.54) is 0 Å². The number of hydrogen-bond acceptors (Lipinski definition) is 3. The van der Waals surface area contributed by atoms with E-state index in [9.17, 15) is 0 Å².